The van der Waals surface area contributed by atoms with Gasteiger partial charge in [0, 0.05) is 19.3 Å². The van der Waals surface area contributed by atoms with Gasteiger partial charge in [-0.3, -0.25) is 9.59 Å². The summed E-state index contributed by atoms with van der Waals surface area (Å²) in [5, 5.41) is 2.48. The predicted octanol–water partition coefficient (Wildman–Crippen LogP) is 0.187. The molecular weight excluding hydrogens is 234 g/mol. The Morgan fingerprint density at radius 3 is 2.67 bits per heavy atom. The normalized spacial score (nSPS) is 15.3. The lowest BCUT2D eigenvalue weighted by atomic mass is 10.3. The van der Waals surface area contributed by atoms with E-state index in [4.69, 9.17) is 4.74 Å². The third kappa shape index (κ3) is 3.04. The van der Waals surface area contributed by atoms with E-state index in [0.717, 1.165) is 5.56 Å². The maximum atomic E-state index is 11.8. The molecule has 0 aliphatic carbocycles. The molecule has 1 N–H and O–H groups in total. The fraction of sp³-hybridized carbons (Fsp3) is 0.417. The van der Waals surface area contributed by atoms with Gasteiger partial charge in [0.25, 0.3) is 0 Å². The van der Waals surface area contributed by atoms with Gasteiger partial charge in [-0.25, -0.2) is 4.98 Å². The van der Waals surface area contributed by atoms with Crippen LogP contribution in [0.2, 0.25) is 0 Å². The summed E-state index contributed by atoms with van der Waals surface area (Å²) in [7, 11) is 0. The van der Waals surface area contributed by atoms with Gasteiger partial charge in [0.1, 0.15) is 5.82 Å². The van der Waals surface area contributed by atoms with E-state index in [1.807, 2.05) is 13.0 Å². The number of carbonyl (C=O) groups is 2. The highest BCUT2D eigenvalue weighted by Crippen LogP contribution is 2.05. The van der Waals surface area contributed by atoms with E-state index in [2.05, 4.69) is 10.3 Å². The molecular formula is C12H15N3O3. The third-order valence-electron chi connectivity index (χ3n) is 2.65. The highest BCUT2D eigenvalue weighted by molar-refractivity contribution is 6.39. The molecule has 1 aliphatic heterocycles. The second kappa shape index (κ2) is 5.59. The quantitative estimate of drug-likeness (QED) is 0.721. The highest BCUT2D eigenvalue weighted by atomic mass is 16.5. The number of hydrogen-bond acceptors (Lipinski definition) is 4. The van der Waals surface area contributed by atoms with Crippen molar-refractivity contribution in [1.82, 2.24) is 9.88 Å². The fourth-order valence-electron chi connectivity index (χ4n) is 1.62. The molecule has 1 aliphatic rings. The van der Waals surface area contributed by atoms with Crippen molar-refractivity contribution in [3.05, 3.63) is 23.9 Å². The highest BCUT2D eigenvalue weighted by Gasteiger charge is 2.23. The van der Waals surface area contributed by atoms with Gasteiger partial charge in [-0.1, -0.05) is 6.07 Å². The minimum Gasteiger partial charge on any atom is -0.378 e. The first-order chi connectivity index (χ1) is 8.66. The van der Waals surface area contributed by atoms with Crippen molar-refractivity contribution in [3.63, 3.8) is 0 Å². The van der Waals surface area contributed by atoms with Crippen molar-refractivity contribution in [2.75, 3.05) is 31.6 Å². The first kappa shape index (κ1) is 12.5. The zero-order valence-corrected chi connectivity index (χ0v) is 10.2. The van der Waals surface area contributed by atoms with Crippen LogP contribution >= 0.6 is 0 Å². The molecule has 0 aromatic carbocycles. The van der Waals surface area contributed by atoms with Crippen LogP contribution in [0.3, 0.4) is 0 Å². The Morgan fingerprint density at radius 2 is 2.06 bits per heavy atom. The first-order valence-electron chi connectivity index (χ1n) is 5.77. The first-order valence-corrected chi connectivity index (χ1v) is 5.77. The Balaban J connectivity index is 1.94. The molecule has 1 aromatic rings. The zero-order chi connectivity index (χ0) is 13.0. The molecule has 1 aromatic heterocycles. The van der Waals surface area contributed by atoms with Crippen LogP contribution in [0, 0.1) is 6.92 Å². The molecule has 96 valence electrons. The van der Waals surface area contributed by atoms with E-state index in [9.17, 15) is 9.59 Å². The number of carbonyl (C=O) groups excluding carboxylic acids is 2. The molecule has 18 heavy (non-hydrogen) atoms. The number of anilines is 1. The van der Waals surface area contributed by atoms with E-state index in [1.54, 1.807) is 12.3 Å². The molecule has 2 heterocycles. The van der Waals surface area contributed by atoms with Gasteiger partial charge >= 0.3 is 11.8 Å². The summed E-state index contributed by atoms with van der Waals surface area (Å²) in [6.45, 7) is 3.75. The molecule has 2 amide bonds. The Kier molecular flexibility index (Phi) is 3.88. The second-order valence-corrected chi connectivity index (χ2v) is 4.08. The summed E-state index contributed by atoms with van der Waals surface area (Å²) < 4.78 is 5.12. The van der Waals surface area contributed by atoms with E-state index < -0.39 is 11.8 Å². The standard InChI is InChI=1S/C12H15N3O3/c1-9-2-3-10(13-8-9)14-11(16)12(17)15-4-6-18-7-5-15/h2-3,8H,4-7H2,1H3,(H,13,14,16). The fourth-order valence-corrected chi connectivity index (χ4v) is 1.62. The lowest BCUT2D eigenvalue weighted by molar-refractivity contribution is -0.145. The SMILES string of the molecule is Cc1ccc(NC(=O)C(=O)N2CCOCC2)nc1. The van der Waals surface area contributed by atoms with Crippen LogP contribution in [0.1, 0.15) is 5.56 Å². The van der Waals surface area contributed by atoms with Crippen LogP contribution in [-0.4, -0.2) is 48.0 Å². The molecule has 0 spiro atoms. The van der Waals surface area contributed by atoms with Crippen LogP contribution in [0.5, 0.6) is 0 Å². The molecule has 6 heteroatoms. The summed E-state index contributed by atoms with van der Waals surface area (Å²) in [5.74, 6) is -0.818. The number of morpholine rings is 1. The van der Waals surface area contributed by atoms with Crippen molar-refractivity contribution in [2.24, 2.45) is 0 Å². The Labute approximate surface area is 105 Å². The minimum absolute atomic E-state index is 0.382. The molecule has 0 atom stereocenters. The topological polar surface area (TPSA) is 71.5 Å². The number of amides is 2. The maximum absolute atomic E-state index is 11.8. The Hall–Kier alpha value is -1.95. The number of pyridine rings is 1. The van der Waals surface area contributed by atoms with Crippen molar-refractivity contribution >= 4 is 17.6 Å². The molecule has 1 fully saturated rings. The third-order valence-corrected chi connectivity index (χ3v) is 2.65. The van der Waals surface area contributed by atoms with E-state index >= 15 is 0 Å². The van der Waals surface area contributed by atoms with Crippen molar-refractivity contribution in [2.45, 2.75) is 6.92 Å². The number of rotatable bonds is 1. The van der Waals surface area contributed by atoms with Crippen LogP contribution in [-0.2, 0) is 14.3 Å². The second-order valence-electron chi connectivity index (χ2n) is 4.08. The lowest BCUT2D eigenvalue weighted by Crippen LogP contribution is -2.45. The summed E-state index contributed by atoms with van der Waals surface area (Å²) >= 11 is 0. The summed E-state index contributed by atoms with van der Waals surface area (Å²) in [6.07, 6.45) is 1.63. The largest absolute Gasteiger partial charge is 0.378 e. The van der Waals surface area contributed by atoms with E-state index in [-0.39, 0.29) is 0 Å². The van der Waals surface area contributed by atoms with Crippen LogP contribution in [0.25, 0.3) is 0 Å². The average molecular weight is 249 g/mol. The average Bonchev–Trinajstić information content (AvgIpc) is 2.41. The lowest BCUT2D eigenvalue weighted by Gasteiger charge is -2.25. The zero-order valence-electron chi connectivity index (χ0n) is 10.2. The predicted molar refractivity (Wildman–Crippen MR) is 65.0 cm³/mol. The number of nitrogens with zero attached hydrogens (tertiary/aromatic N) is 2. The van der Waals surface area contributed by atoms with E-state index in [1.165, 1.54) is 4.90 Å². The smallest absolute Gasteiger partial charge is 0.315 e. The van der Waals surface area contributed by atoms with Crippen LogP contribution in [0.15, 0.2) is 18.3 Å². The molecule has 0 saturated carbocycles. The van der Waals surface area contributed by atoms with Crippen molar-refractivity contribution < 1.29 is 14.3 Å². The molecule has 2 rings (SSSR count). The number of ether oxygens (including phenoxy) is 1. The van der Waals surface area contributed by atoms with Gasteiger partial charge in [0.15, 0.2) is 0 Å². The molecule has 0 unspecified atom stereocenters. The minimum atomic E-state index is -0.659. The van der Waals surface area contributed by atoms with Crippen LogP contribution in [0.4, 0.5) is 5.82 Å². The van der Waals surface area contributed by atoms with E-state index in [0.29, 0.717) is 32.1 Å². The number of hydrogen-bond donors (Lipinski definition) is 1. The van der Waals surface area contributed by atoms with Gasteiger partial charge in [-0.15, -0.1) is 0 Å². The Bertz CT molecular complexity index is 438. The number of aromatic nitrogens is 1. The van der Waals surface area contributed by atoms with Crippen molar-refractivity contribution in [1.29, 1.82) is 0 Å². The molecule has 6 nitrogen and oxygen atoms in total. The summed E-state index contributed by atoms with van der Waals surface area (Å²) in [6, 6.07) is 3.49. The number of nitrogens with one attached hydrogen (secondary N) is 1. The molecule has 0 radical (unpaired) electrons. The van der Waals surface area contributed by atoms with Crippen LogP contribution < -0.4 is 5.32 Å². The monoisotopic (exact) mass is 249 g/mol. The maximum Gasteiger partial charge on any atom is 0.315 e. The summed E-state index contributed by atoms with van der Waals surface area (Å²) in [4.78, 5) is 29.0. The van der Waals surface area contributed by atoms with Gasteiger partial charge < -0.3 is 15.0 Å². The van der Waals surface area contributed by atoms with Crippen molar-refractivity contribution in [3.8, 4) is 0 Å². The Morgan fingerprint density at radius 1 is 1.33 bits per heavy atom. The van der Waals surface area contributed by atoms with Gasteiger partial charge in [-0.05, 0) is 18.6 Å². The number of aryl methyl sites for hydroxylation is 1. The molecule has 0 bridgehead atoms. The van der Waals surface area contributed by atoms with Gasteiger partial charge in [0.05, 0.1) is 13.2 Å². The summed E-state index contributed by atoms with van der Waals surface area (Å²) in [5.41, 5.74) is 0.993. The van der Waals surface area contributed by atoms with Gasteiger partial charge in [0.2, 0.25) is 0 Å². The van der Waals surface area contributed by atoms with Gasteiger partial charge in [-0.2, -0.15) is 0 Å². The molecule has 1 saturated heterocycles.